The van der Waals surface area contributed by atoms with E-state index in [-0.39, 0.29) is 22.5 Å². The highest BCUT2D eigenvalue weighted by Crippen LogP contribution is 2.21. The van der Waals surface area contributed by atoms with E-state index in [0.717, 1.165) is 24.5 Å². The first-order valence-corrected chi connectivity index (χ1v) is 6.75. The molecule has 0 radical (unpaired) electrons. The van der Waals surface area contributed by atoms with Crippen molar-refractivity contribution in [2.45, 2.75) is 0 Å². The van der Waals surface area contributed by atoms with Crippen molar-refractivity contribution in [3.05, 3.63) is 69.2 Å². The second-order valence-electron chi connectivity index (χ2n) is 4.67. The average Bonchev–Trinajstić information content (AvgIpc) is 2.60. The van der Waals surface area contributed by atoms with Gasteiger partial charge in [-0.3, -0.25) is 14.9 Å². The molecule has 0 aliphatic heterocycles. The van der Waals surface area contributed by atoms with Crippen LogP contribution in [0.25, 0.3) is 0 Å². The first-order chi connectivity index (χ1) is 11.9. The molecule has 0 saturated carbocycles. The number of nitrogens with one attached hydrogen (secondary N) is 1. The van der Waals surface area contributed by atoms with Crippen molar-refractivity contribution in [2.75, 3.05) is 11.9 Å². The number of carbonyl (C=O) groups excluding carboxylic acids is 2. The Morgan fingerprint density at radius 3 is 2.56 bits per heavy atom. The normalized spacial score (nSPS) is 9.72. The van der Waals surface area contributed by atoms with Gasteiger partial charge in [-0.25, -0.2) is 4.79 Å². The Labute approximate surface area is 140 Å². The number of hydrogen-bond donors (Lipinski definition) is 1. The lowest BCUT2D eigenvalue weighted by Gasteiger charge is -2.08. The van der Waals surface area contributed by atoms with E-state index in [1.54, 1.807) is 6.07 Å². The molecule has 126 valence electrons. The molecule has 0 spiro atoms. The van der Waals surface area contributed by atoms with Gasteiger partial charge < -0.3 is 15.3 Å². The van der Waals surface area contributed by atoms with Crippen molar-refractivity contribution >= 4 is 23.3 Å². The molecule has 0 aliphatic rings. The van der Waals surface area contributed by atoms with Crippen LogP contribution < -0.4 is 10.0 Å². The van der Waals surface area contributed by atoms with Gasteiger partial charge in [0.25, 0.3) is 11.6 Å². The van der Waals surface area contributed by atoms with Gasteiger partial charge >= 0.3 is 5.97 Å². The van der Waals surface area contributed by atoms with Crippen LogP contribution in [-0.2, 0) is 9.53 Å². The number of aromatic nitrogens is 1. The number of esters is 1. The Kier molecular flexibility index (Phi) is 5.22. The van der Waals surface area contributed by atoms with E-state index >= 15 is 0 Å². The van der Waals surface area contributed by atoms with Gasteiger partial charge in [0.05, 0.1) is 21.7 Å². The summed E-state index contributed by atoms with van der Waals surface area (Å²) in [6.07, 6.45) is 2.21. The summed E-state index contributed by atoms with van der Waals surface area (Å²) >= 11 is 0. The van der Waals surface area contributed by atoms with E-state index in [9.17, 15) is 24.9 Å². The maximum Gasteiger partial charge on any atom is 0.339 e. The summed E-state index contributed by atoms with van der Waals surface area (Å²) in [6, 6.07) is 7.56. The van der Waals surface area contributed by atoms with Crippen LogP contribution >= 0.6 is 0 Å². The molecule has 1 amide bonds. The summed E-state index contributed by atoms with van der Waals surface area (Å²) in [5.74, 6) is -1.53. The lowest BCUT2D eigenvalue weighted by molar-refractivity contribution is -0.605. The number of amides is 1. The first kappa shape index (κ1) is 17.4. The van der Waals surface area contributed by atoms with E-state index in [0.29, 0.717) is 4.73 Å². The first-order valence-electron chi connectivity index (χ1n) is 6.75. The minimum Gasteiger partial charge on any atom is -0.619 e. The van der Waals surface area contributed by atoms with Crippen LogP contribution in [0, 0.1) is 26.7 Å². The number of ether oxygens (including phenoxy) is 1. The quantitative estimate of drug-likeness (QED) is 0.279. The lowest BCUT2D eigenvalue weighted by Crippen LogP contribution is -2.25. The number of pyridine rings is 1. The molecule has 10 heteroatoms. The van der Waals surface area contributed by atoms with E-state index in [1.165, 1.54) is 18.2 Å². The fraction of sp³-hybridized carbons (Fsp3) is 0.0667. The molecule has 1 heterocycles. The molecule has 1 aromatic carbocycles. The smallest absolute Gasteiger partial charge is 0.339 e. The summed E-state index contributed by atoms with van der Waals surface area (Å²) in [6.45, 7) is -0.632. The van der Waals surface area contributed by atoms with Crippen LogP contribution in [-0.4, -0.2) is 23.4 Å². The molecule has 0 unspecified atom stereocenters. The Morgan fingerprint density at radius 2 is 1.96 bits per heavy atom. The number of nitro benzene ring substituents is 1. The van der Waals surface area contributed by atoms with Crippen molar-refractivity contribution in [1.29, 1.82) is 5.26 Å². The van der Waals surface area contributed by atoms with Crippen LogP contribution in [0.1, 0.15) is 15.9 Å². The highest BCUT2D eigenvalue weighted by molar-refractivity contribution is 5.96. The third-order valence-corrected chi connectivity index (χ3v) is 2.98. The Hall–Kier alpha value is -4.00. The number of rotatable bonds is 5. The lowest BCUT2D eigenvalue weighted by atomic mass is 10.1. The number of benzene rings is 1. The number of anilines is 1. The molecular weight excluding hydrogens is 332 g/mol. The standard InChI is InChI=1S/C15H10N4O6/c16-8-11-7-12(19(23)24)1-2-13(11)17-14(20)9-25-15(21)10-3-5-18(22)6-4-10/h1-7H,9H2,(H,17,20). The number of hydrogen-bond acceptors (Lipinski definition) is 7. The SMILES string of the molecule is N#Cc1cc([N+](=O)[O-])ccc1NC(=O)COC(=O)c1cc[n+]([O-])cc1. The van der Waals surface area contributed by atoms with Crippen LogP contribution in [0.15, 0.2) is 42.7 Å². The van der Waals surface area contributed by atoms with Gasteiger partial charge in [0.15, 0.2) is 19.0 Å². The maximum atomic E-state index is 11.8. The molecule has 10 nitrogen and oxygen atoms in total. The van der Waals surface area contributed by atoms with Crippen molar-refractivity contribution in [2.24, 2.45) is 0 Å². The highest BCUT2D eigenvalue weighted by Gasteiger charge is 2.15. The monoisotopic (exact) mass is 342 g/mol. The van der Waals surface area contributed by atoms with Crippen molar-refractivity contribution in [3.63, 3.8) is 0 Å². The van der Waals surface area contributed by atoms with Crippen molar-refractivity contribution in [3.8, 4) is 6.07 Å². The predicted octanol–water partition coefficient (Wildman–Crippen LogP) is 0.895. The van der Waals surface area contributed by atoms with Crippen molar-refractivity contribution in [1.82, 2.24) is 0 Å². The van der Waals surface area contributed by atoms with Gasteiger partial charge in [-0.1, -0.05) is 0 Å². The third-order valence-electron chi connectivity index (χ3n) is 2.98. The van der Waals surface area contributed by atoms with Crippen LogP contribution in [0.5, 0.6) is 0 Å². The Balaban J connectivity index is 1.98. The van der Waals surface area contributed by atoms with Crippen LogP contribution in [0.4, 0.5) is 11.4 Å². The van der Waals surface area contributed by atoms with Gasteiger partial charge in [-0.05, 0) is 6.07 Å². The summed E-state index contributed by atoms with van der Waals surface area (Å²) in [5.41, 5.74) is -0.244. The zero-order chi connectivity index (χ0) is 18.4. The van der Waals surface area contributed by atoms with E-state index < -0.39 is 23.4 Å². The molecule has 1 aromatic heterocycles. The van der Waals surface area contributed by atoms with Gasteiger partial charge in [0, 0.05) is 24.3 Å². The van der Waals surface area contributed by atoms with Gasteiger partial charge in [-0.15, -0.1) is 0 Å². The number of nitrogens with zero attached hydrogens (tertiary/aromatic N) is 3. The predicted molar refractivity (Wildman–Crippen MR) is 82.1 cm³/mol. The largest absolute Gasteiger partial charge is 0.619 e. The van der Waals surface area contributed by atoms with Crippen LogP contribution in [0.2, 0.25) is 0 Å². The van der Waals surface area contributed by atoms with Crippen LogP contribution in [0.3, 0.4) is 0 Å². The molecule has 0 aliphatic carbocycles. The molecule has 2 aromatic rings. The molecule has 25 heavy (non-hydrogen) atoms. The van der Waals surface area contributed by atoms with Gasteiger partial charge in [0.1, 0.15) is 6.07 Å². The van der Waals surface area contributed by atoms with E-state index in [2.05, 4.69) is 5.32 Å². The number of nitriles is 1. The third kappa shape index (κ3) is 4.49. The Bertz CT molecular complexity index is 873. The second kappa shape index (κ2) is 7.51. The summed E-state index contributed by atoms with van der Waals surface area (Å²) < 4.78 is 5.27. The van der Waals surface area contributed by atoms with Crippen molar-refractivity contribution < 1.29 is 24.0 Å². The number of nitro groups is 1. The summed E-state index contributed by atoms with van der Waals surface area (Å²) in [5, 5.41) is 32.9. The molecule has 1 N–H and O–H groups in total. The zero-order valence-corrected chi connectivity index (χ0v) is 12.5. The molecule has 0 bridgehead atoms. The average molecular weight is 342 g/mol. The molecule has 0 saturated heterocycles. The molecule has 0 fully saturated rings. The summed E-state index contributed by atoms with van der Waals surface area (Å²) in [7, 11) is 0. The zero-order valence-electron chi connectivity index (χ0n) is 12.5. The number of carbonyl (C=O) groups is 2. The van der Waals surface area contributed by atoms with Gasteiger partial charge in [0.2, 0.25) is 0 Å². The topological polar surface area (TPSA) is 149 Å². The minimum atomic E-state index is -0.806. The highest BCUT2D eigenvalue weighted by atomic mass is 16.6. The number of non-ortho nitro benzene ring substituents is 1. The molecule has 0 atom stereocenters. The minimum absolute atomic E-state index is 0.0567. The fourth-order valence-corrected chi connectivity index (χ4v) is 1.80. The van der Waals surface area contributed by atoms with Gasteiger partial charge in [-0.2, -0.15) is 9.99 Å². The maximum absolute atomic E-state index is 11.8. The summed E-state index contributed by atoms with van der Waals surface area (Å²) in [4.78, 5) is 33.5. The Morgan fingerprint density at radius 1 is 1.28 bits per heavy atom. The van der Waals surface area contributed by atoms with E-state index in [1.807, 2.05) is 0 Å². The molecular formula is C15H10N4O6. The molecule has 2 rings (SSSR count). The second-order valence-corrected chi connectivity index (χ2v) is 4.67. The fourth-order valence-electron chi connectivity index (χ4n) is 1.80. The van der Waals surface area contributed by atoms with E-state index in [4.69, 9.17) is 10.00 Å².